The topological polar surface area (TPSA) is 124 Å². The van der Waals surface area contributed by atoms with E-state index in [2.05, 4.69) is 15.4 Å². The zero-order valence-electron chi connectivity index (χ0n) is 20.4. The van der Waals surface area contributed by atoms with Gasteiger partial charge in [-0.25, -0.2) is 19.7 Å². The van der Waals surface area contributed by atoms with Crippen LogP contribution in [0.2, 0.25) is 0 Å². The fourth-order valence-electron chi connectivity index (χ4n) is 4.05. The number of amides is 1. The summed E-state index contributed by atoms with van der Waals surface area (Å²) in [4.78, 5) is 28.4. The van der Waals surface area contributed by atoms with E-state index in [4.69, 9.17) is 10.3 Å². The number of rotatable bonds is 8. The fourth-order valence-corrected chi connectivity index (χ4v) is 4.05. The molecule has 0 aromatic heterocycles. The molecule has 1 amide bonds. The summed E-state index contributed by atoms with van der Waals surface area (Å²) in [5.41, 5.74) is 9.11. The smallest absolute Gasteiger partial charge is 0.413 e. The molecule has 190 valence electrons. The molecular formula is C28H27FN4O4. The van der Waals surface area contributed by atoms with Gasteiger partial charge in [0.15, 0.2) is 0 Å². The number of aliphatic carboxylic acids is 1. The van der Waals surface area contributed by atoms with Gasteiger partial charge in [-0.15, -0.1) is 0 Å². The van der Waals surface area contributed by atoms with Crippen molar-refractivity contribution in [2.24, 2.45) is 10.1 Å². The van der Waals surface area contributed by atoms with Gasteiger partial charge < -0.3 is 9.84 Å². The van der Waals surface area contributed by atoms with E-state index in [0.29, 0.717) is 29.7 Å². The highest BCUT2D eigenvalue weighted by molar-refractivity contribution is 5.99. The Morgan fingerprint density at radius 3 is 2.24 bits per heavy atom. The van der Waals surface area contributed by atoms with Gasteiger partial charge in [-0.1, -0.05) is 54.6 Å². The Labute approximate surface area is 213 Å². The number of ether oxygens (including phenoxy) is 1. The number of halogens is 1. The summed E-state index contributed by atoms with van der Waals surface area (Å²) in [7, 11) is 0. The van der Waals surface area contributed by atoms with Crippen LogP contribution in [0.5, 0.6) is 0 Å². The lowest BCUT2D eigenvalue weighted by Gasteiger charge is -2.16. The summed E-state index contributed by atoms with van der Waals surface area (Å²) < 4.78 is 20.2. The van der Waals surface area contributed by atoms with Crippen molar-refractivity contribution >= 4 is 23.6 Å². The second-order valence-corrected chi connectivity index (χ2v) is 9.01. The molecule has 0 heterocycles. The van der Waals surface area contributed by atoms with Crippen molar-refractivity contribution in [2.45, 2.75) is 44.2 Å². The van der Waals surface area contributed by atoms with Crippen LogP contribution in [-0.4, -0.2) is 29.0 Å². The highest BCUT2D eigenvalue weighted by atomic mass is 19.1. The third-order valence-corrected chi connectivity index (χ3v) is 6.47. The SMILES string of the molecule is CC(N=N)C(=Nc1ccc(-c2ccc(C3(C(=O)O)CC3)c(F)c2)cc1)NC(=O)OC(C)c1ccccc1. The summed E-state index contributed by atoms with van der Waals surface area (Å²) in [5.74, 6) is -1.40. The van der Waals surface area contributed by atoms with E-state index >= 15 is 0 Å². The fraction of sp³-hybridized carbons (Fsp3) is 0.250. The summed E-state index contributed by atoms with van der Waals surface area (Å²) in [6, 6.07) is 20.0. The van der Waals surface area contributed by atoms with Crippen molar-refractivity contribution in [3.63, 3.8) is 0 Å². The average molecular weight is 503 g/mol. The van der Waals surface area contributed by atoms with Crippen LogP contribution >= 0.6 is 0 Å². The zero-order chi connectivity index (χ0) is 26.6. The average Bonchev–Trinajstić information content (AvgIpc) is 3.71. The first-order chi connectivity index (χ1) is 17.7. The molecule has 4 rings (SSSR count). The Balaban J connectivity index is 1.49. The molecule has 0 aliphatic heterocycles. The van der Waals surface area contributed by atoms with Gasteiger partial charge in [-0.05, 0) is 61.6 Å². The van der Waals surface area contributed by atoms with Gasteiger partial charge in [0.25, 0.3) is 0 Å². The molecule has 1 aliphatic rings. The van der Waals surface area contributed by atoms with Crippen LogP contribution in [0, 0.1) is 11.3 Å². The maximum Gasteiger partial charge on any atom is 0.413 e. The Morgan fingerprint density at radius 2 is 1.68 bits per heavy atom. The summed E-state index contributed by atoms with van der Waals surface area (Å²) in [6.07, 6.45) is -0.332. The second-order valence-electron chi connectivity index (χ2n) is 9.01. The van der Waals surface area contributed by atoms with Gasteiger partial charge in [0.05, 0.1) is 11.1 Å². The number of alkyl carbamates (subject to hydrolysis) is 1. The van der Waals surface area contributed by atoms with E-state index < -0.39 is 35.4 Å². The Bertz CT molecular complexity index is 1340. The van der Waals surface area contributed by atoms with E-state index in [1.54, 1.807) is 50.2 Å². The molecule has 37 heavy (non-hydrogen) atoms. The number of carboxylic acid groups (broad SMARTS) is 1. The number of aliphatic imine (C=N–C) groups is 1. The van der Waals surface area contributed by atoms with Crippen molar-refractivity contribution < 1.29 is 23.8 Å². The van der Waals surface area contributed by atoms with Crippen LogP contribution in [-0.2, 0) is 14.9 Å². The lowest BCUT2D eigenvalue weighted by atomic mass is 9.93. The minimum absolute atomic E-state index is 0.145. The molecule has 1 saturated carbocycles. The maximum absolute atomic E-state index is 14.8. The highest BCUT2D eigenvalue weighted by Crippen LogP contribution is 2.49. The number of carbonyl (C=O) groups excluding carboxylic acids is 1. The van der Waals surface area contributed by atoms with Crippen molar-refractivity contribution in [2.75, 3.05) is 0 Å². The quantitative estimate of drug-likeness (QED) is 0.184. The van der Waals surface area contributed by atoms with E-state index in [-0.39, 0.29) is 11.4 Å². The highest BCUT2D eigenvalue weighted by Gasteiger charge is 2.53. The van der Waals surface area contributed by atoms with Gasteiger partial charge >= 0.3 is 12.1 Å². The Morgan fingerprint density at radius 1 is 1.03 bits per heavy atom. The van der Waals surface area contributed by atoms with Crippen molar-refractivity contribution in [3.05, 3.63) is 89.7 Å². The number of hydrogen-bond donors (Lipinski definition) is 3. The molecule has 1 aliphatic carbocycles. The molecule has 3 N–H and O–H groups in total. The molecule has 2 unspecified atom stereocenters. The van der Waals surface area contributed by atoms with E-state index in [1.807, 2.05) is 30.3 Å². The molecular weight excluding hydrogens is 475 g/mol. The predicted molar refractivity (Wildman–Crippen MR) is 137 cm³/mol. The molecule has 3 aromatic carbocycles. The number of carbonyl (C=O) groups is 2. The number of amidine groups is 1. The molecule has 3 aromatic rings. The van der Waals surface area contributed by atoms with Gasteiger partial charge in [0.2, 0.25) is 0 Å². The monoisotopic (exact) mass is 502 g/mol. The van der Waals surface area contributed by atoms with Crippen molar-refractivity contribution in [1.82, 2.24) is 5.32 Å². The van der Waals surface area contributed by atoms with Crippen LogP contribution in [0.1, 0.15) is 43.9 Å². The first-order valence-electron chi connectivity index (χ1n) is 11.8. The minimum Gasteiger partial charge on any atom is -0.481 e. The summed E-state index contributed by atoms with van der Waals surface area (Å²) in [5, 5.41) is 15.5. The number of carboxylic acids is 1. The largest absolute Gasteiger partial charge is 0.481 e. The van der Waals surface area contributed by atoms with E-state index in [9.17, 15) is 19.1 Å². The van der Waals surface area contributed by atoms with E-state index in [1.165, 1.54) is 6.07 Å². The molecule has 1 fully saturated rings. The molecule has 9 heteroatoms. The van der Waals surface area contributed by atoms with Crippen molar-refractivity contribution in [1.29, 1.82) is 5.53 Å². The third kappa shape index (κ3) is 5.72. The Kier molecular flexibility index (Phi) is 7.42. The van der Waals surface area contributed by atoms with Crippen LogP contribution < -0.4 is 5.32 Å². The third-order valence-electron chi connectivity index (χ3n) is 6.47. The summed E-state index contributed by atoms with van der Waals surface area (Å²) in [6.45, 7) is 3.37. The molecule has 0 bridgehead atoms. The first-order valence-corrected chi connectivity index (χ1v) is 11.8. The van der Waals surface area contributed by atoms with Gasteiger partial charge in [-0.2, -0.15) is 5.11 Å². The molecule has 0 spiro atoms. The number of nitrogens with one attached hydrogen (secondary N) is 2. The number of hydrogen-bond acceptors (Lipinski definition) is 6. The lowest BCUT2D eigenvalue weighted by Crippen LogP contribution is -2.37. The lowest BCUT2D eigenvalue weighted by molar-refractivity contribution is -0.140. The van der Waals surface area contributed by atoms with Gasteiger partial charge in [-0.3, -0.25) is 10.1 Å². The summed E-state index contributed by atoms with van der Waals surface area (Å²) >= 11 is 0. The number of nitrogens with zero attached hydrogens (tertiary/aromatic N) is 2. The number of benzene rings is 3. The van der Waals surface area contributed by atoms with Gasteiger partial charge in [0, 0.05) is 5.56 Å². The second kappa shape index (κ2) is 10.7. The predicted octanol–water partition coefficient (Wildman–Crippen LogP) is 6.55. The van der Waals surface area contributed by atoms with Crippen LogP contribution in [0.25, 0.3) is 11.1 Å². The maximum atomic E-state index is 14.8. The standard InChI is InChI=1S/C28H27FN4O4/c1-17(33-30)25(32-27(36)37-18(2)19-6-4-3-5-7-19)31-22-11-8-20(9-12-22)21-10-13-23(24(29)16-21)28(14-15-28)26(34)35/h3-13,16-18,30H,14-15H2,1-2H3,(H,34,35)(H,31,32,36). The van der Waals surface area contributed by atoms with Gasteiger partial charge in [0.1, 0.15) is 23.8 Å². The van der Waals surface area contributed by atoms with Crippen LogP contribution in [0.3, 0.4) is 0 Å². The zero-order valence-corrected chi connectivity index (χ0v) is 20.4. The minimum atomic E-state index is -1.11. The normalized spacial score (nSPS) is 15.8. The van der Waals surface area contributed by atoms with Crippen LogP contribution in [0.4, 0.5) is 14.9 Å². The molecule has 2 atom stereocenters. The van der Waals surface area contributed by atoms with Crippen molar-refractivity contribution in [3.8, 4) is 11.1 Å². The molecule has 0 saturated heterocycles. The Hall–Kier alpha value is -4.40. The molecule has 0 radical (unpaired) electrons. The first kappa shape index (κ1) is 25.7. The van der Waals surface area contributed by atoms with Crippen LogP contribution in [0.15, 0.2) is 82.9 Å². The molecule has 8 nitrogen and oxygen atoms in total. The van der Waals surface area contributed by atoms with E-state index in [0.717, 1.165) is 5.56 Å².